The van der Waals surface area contributed by atoms with Gasteiger partial charge in [-0.15, -0.1) is 0 Å². The molecule has 0 saturated carbocycles. The number of benzene rings is 1. The normalized spacial score (nSPS) is 10.3. The summed E-state index contributed by atoms with van der Waals surface area (Å²) in [5.74, 6) is -0.310. The molecule has 0 radical (unpaired) electrons. The second-order valence-corrected chi connectivity index (χ2v) is 6.73. The van der Waals surface area contributed by atoms with Gasteiger partial charge in [-0.05, 0) is 29.6 Å². The first kappa shape index (κ1) is 19.5. The number of aryl methyl sites for hydroxylation is 1. The number of halogens is 1. The van der Waals surface area contributed by atoms with Crippen molar-refractivity contribution in [1.29, 1.82) is 5.26 Å². The summed E-state index contributed by atoms with van der Waals surface area (Å²) in [6.45, 7) is -0.444. The Labute approximate surface area is 168 Å². The van der Waals surface area contributed by atoms with Crippen molar-refractivity contribution in [2.24, 2.45) is 0 Å². The molecule has 3 aromatic rings. The van der Waals surface area contributed by atoms with Gasteiger partial charge in [0.05, 0.1) is 17.0 Å². The molecule has 142 valence electrons. The minimum Gasteiger partial charge on any atom is -0.456 e. The molecular weight excluding hydrogens is 404 g/mol. The zero-order valence-corrected chi connectivity index (χ0v) is 15.9. The molecular formula is C18H13ClN4O4S. The van der Waals surface area contributed by atoms with Gasteiger partial charge >= 0.3 is 5.97 Å². The highest BCUT2D eigenvalue weighted by Crippen LogP contribution is 2.20. The maximum absolute atomic E-state index is 11.9. The predicted molar refractivity (Wildman–Crippen MR) is 102 cm³/mol. The van der Waals surface area contributed by atoms with Crippen molar-refractivity contribution < 1.29 is 18.8 Å². The Morgan fingerprint density at radius 1 is 1.36 bits per heavy atom. The third kappa shape index (κ3) is 5.16. The number of hydrogen-bond donors (Lipinski definition) is 1. The van der Waals surface area contributed by atoms with Crippen LogP contribution in [0.15, 0.2) is 39.5 Å². The summed E-state index contributed by atoms with van der Waals surface area (Å²) in [5.41, 5.74) is 1.55. The molecule has 0 bridgehead atoms. The van der Waals surface area contributed by atoms with E-state index in [2.05, 4.69) is 15.5 Å². The van der Waals surface area contributed by atoms with Crippen molar-refractivity contribution in [2.45, 2.75) is 12.8 Å². The third-order valence-corrected chi connectivity index (χ3v) is 4.52. The van der Waals surface area contributed by atoms with E-state index in [4.69, 9.17) is 26.1 Å². The van der Waals surface area contributed by atoms with E-state index in [-0.39, 0.29) is 17.9 Å². The molecule has 0 aliphatic rings. The summed E-state index contributed by atoms with van der Waals surface area (Å²) in [6.07, 6.45) is 0.212. The van der Waals surface area contributed by atoms with Gasteiger partial charge in [-0.3, -0.25) is 9.59 Å². The first-order chi connectivity index (χ1) is 13.5. The van der Waals surface area contributed by atoms with E-state index in [1.165, 1.54) is 29.5 Å². The Hall–Kier alpha value is -3.22. The van der Waals surface area contributed by atoms with Crippen molar-refractivity contribution in [3.05, 3.63) is 51.5 Å². The molecule has 28 heavy (non-hydrogen) atoms. The molecule has 0 fully saturated rings. The number of nitrogens with zero attached hydrogens (tertiary/aromatic N) is 3. The van der Waals surface area contributed by atoms with Crippen LogP contribution in [0.25, 0.3) is 11.4 Å². The van der Waals surface area contributed by atoms with Crippen molar-refractivity contribution in [3.63, 3.8) is 0 Å². The molecule has 0 spiro atoms. The number of hydrogen-bond acceptors (Lipinski definition) is 8. The summed E-state index contributed by atoms with van der Waals surface area (Å²) >= 11 is 7.41. The summed E-state index contributed by atoms with van der Waals surface area (Å²) in [4.78, 5) is 27.9. The van der Waals surface area contributed by atoms with E-state index in [9.17, 15) is 9.59 Å². The van der Waals surface area contributed by atoms with E-state index in [0.29, 0.717) is 23.0 Å². The average molecular weight is 417 g/mol. The highest BCUT2D eigenvalue weighted by Gasteiger charge is 2.13. The molecule has 0 aliphatic heterocycles. The van der Waals surface area contributed by atoms with Crippen LogP contribution in [-0.4, -0.2) is 28.6 Å². The van der Waals surface area contributed by atoms with Crippen LogP contribution in [0.5, 0.6) is 0 Å². The fraction of sp³-hybridized carbons (Fsp3) is 0.167. The number of nitrogens with one attached hydrogen (secondary N) is 1. The number of nitriles is 1. The minimum absolute atomic E-state index is 0.00123. The second-order valence-electron chi connectivity index (χ2n) is 5.54. The van der Waals surface area contributed by atoms with Gasteiger partial charge in [-0.25, -0.2) is 0 Å². The van der Waals surface area contributed by atoms with Gasteiger partial charge in [0.1, 0.15) is 6.07 Å². The molecule has 0 unspecified atom stereocenters. The Morgan fingerprint density at radius 2 is 2.21 bits per heavy atom. The molecule has 10 heteroatoms. The van der Waals surface area contributed by atoms with Gasteiger partial charge < -0.3 is 14.6 Å². The number of carbonyl (C=O) groups is 2. The highest BCUT2D eigenvalue weighted by molar-refractivity contribution is 7.08. The van der Waals surface area contributed by atoms with E-state index in [1.807, 2.05) is 22.9 Å². The topological polar surface area (TPSA) is 118 Å². The SMILES string of the molecule is N#Cc1ccc(NC(=O)COC(=O)CCc2nc(-c3ccsc3)no2)cc1Cl. The Morgan fingerprint density at radius 3 is 2.93 bits per heavy atom. The maximum atomic E-state index is 11.9. The fourth-order valence-corrected chi connectivity index (χ4v) is 3.03. The van der Waals surface area contributed by atoms with Crippen LogP contribution in [-0.2, 0) is 20.7 Å². The predicted octanol–water partition coefficient (Wildman–Crippen LogP) is 3.44. The van der Waals surface area contributed by atoms with Crippen LogP contribution in [0.4, 0.5) is 5.69 Å². The first-order valence-corrected chi connectivity index (χ1v) is 9.37. The molecule has 0 saturated heterocycles. The minimum atomic E-state index is -0.566. The molecule has 0 aliphatic carbocycles. The highest BCUT2D eigenvalue weighted by atomic mass is 35.5. The van der Waals surface area contributed by atoms with Crippen LogP contribution in [0.1, 0.15) is 17.9 Å². The lowest BCUT2D eigenvalue weighted by molar-refractivity contribution is -0.147. The number of aromatic nitrogens is 2. The van der Waals surface area contributed by atoms with Gasteiger partial charge in [-0.2, -0.15) is 21.6 Å². The van der Waals surface area contributed by atoms with Crippen LogP contribution in [0.2, 0.25) is 5.02 Å². The molecule has 3 rings (SSSR count). The summed E-state index contributed by atoms with van der Waals surface area (Å²) < 4.78 is 10.0. The smallest absolute Gasteiger partial charge is 0.306 e. The van der Waals surface area contributed by atoms with Gasteiger partial charge in [0.15, 0.2) is 6.61 Å². The number of carbonyl (C=O) groups excluding carboxylic acids is 2. The Balaban J connectivity index is 1.42. The number of ether oxygens (including phenoxy) is 1. The molecule has 2 heterocycles. The van der Waals surface area contributed by atoms with Crippen LogP contribution >= 0.6 is 22.9 Å². The lowest BCUT2D eigenvalue weighted by atomic mass is 10.2. The quantitative estimate of drug-likeness (QED) is 0.586. The Bertz CT molecular complexity index is 1030. The van der Waals surface area contributed by atoms with Crippen molar-refractivity contribution >= 4 is 40.5 Å². The van der Waals surface area contributed by atoms with E-state index < -0.39 is 18.5 Å². The molecule has 0 atom stereocenters. The molecule has 2 aromatic heterocycles. The third-order valence-electron chi connectivity index (χ3n) is 3.53. The van der Waals surface area contributed by atoms with Gasteiger partial charge in [-0.1, -0.05) is 16.8 Å². The molecule has 1 amide bonds. The van der Waals surface area contributed by atoms with Crippen molar-refractivity contribution in [1.82, 2.24) is 10.1 Å². The summed E-state index contributed by atoms with van der Waals surface area (Å²) in [7, 11) is 0. The fourth-order valence-electron chi connectivity index (χ4n) is 2.17. The molecule has 1 N–H and O–H groups in total. The summed E-state index contributed by atoms with van der Waals surface area (Å²) in [5, 5.41) is 19.2. The number of anilines is 1. The van der Waals surface area contributed by atoms with Crippen molar-refractivity contribution in [3.8, 4) is 17.5 Å². The van der Waals surface area contributed by atoms with Gasteiger partial charge in [0.25, 0.3) is 5.91 Å². The number of esters is 1. The average Bonchev–Trinajstić information content (AvgIpc) is 3.36. The Kier molecular flexibility index (Phi) is 6.37. The van der Waals surface area contributed by atoms with Gasteiger partial charge in [0, 0.05) is 23.1 Å². The largest absolute Gasteiger partial charge is 0.456 e. The second kappa shape index (κ2) is 9.12. The monoisotopic (exact) mass is 416 g/mol. The first-order valence-electron chi connectivity index (χ1n) is 8.05. The maximum Gasteiger partial charge on any atom is 0.306 e. The van der Waals surface area contributed by atoms with E-state index in [1.54, 1.807) is 0 Å². The lowest BCUT2D eigenvalue weighted by Crippen LogP contribution is -2.21. The standard InChI is InChI=1S/C18H13ClN4O4S/c19-14-7-13(2-1-11(14)8-20)21-15(24)9-26-17(25)4-3-16-22-18(23-27-16)12-5-6-28-10-12/h1-2,5-7,10H,3-4,9H2,(H,21,24). The van der Waals surface area contributed by atoms with E-state index in [0.717, 1.165) is 5.56 Å². The van der Waals surface area contributed by atoms with E-state index >= 15 is 0 Å². The van der Waals surface area contributed by atoms with Crippen molar-refractivity contribution in [2.75, 3.05) is 11.9 Å². The number of rotatable bonds is 7. The molecule has 1 aromatic carbocycles. The van der Waals surface area contributed by atoms with Crippen LogP contribution in [0, 0.1) is 11.3 Å². The summed E-state index contributed by atoms with van der Waals surface area (Å²) in [6, 6.07) is 8.25. The zero-order chi connectivity index (χ0) is 19.9. The van der Waals surface area contributed by atoms with Crippen LogP contribution < -0.4 is 5.32 Å². The zero-order valence-electron chi connectivity index (χ0n) is 14.3. The van der Waals surface area contributed by atoms with Gasteiger partial charge in [0.2, 0.25) is 11.7 Å². The number of amides is 1. The number of thiophene rings is 1. The lowest BCUT2D eigenvalue weighted by Gasteiger charge is -2.07. The molecule has 8 nitrogen and oxygen atoms in total. The van der Waals surface area contributed by atoms with Crippen LogP contribution in [0.3, 0.4) is 0 Å².